The molecule has 1 aliphatic carbocycles. The second-order valence-corrected chi connectivity index (χ2v) is 9.82. The van der Waals surface area contributed by atoms with Gasteiger partial charge >= 0.3 is 6.03 Å². The first-order valence-corrected chi connectivity index (χ1v) is 13.1. The molecule has 204 valence electrons. The van der Waals surface area contributed by atoms with Gasteiger partial charge in [-0.2, -0.15) is 5.10 Å². The SMILES string of the molecule is COCCN1C[C@@H](NC(=O)Nc2c(C)c(-c3cccnc3)nn2C2=CCCC=C2)[C@H](c2ccc(F)c(F)c2)C1. The highest BCUT2D eigenvalue weighted by atomic mass is 19.2. The fraction of sp³-hybridized carbons (Fsp3) is 0.345. The van der Waals surface area contributed by atoms with Gasteiger partial charge in [0.1, 0.15) is 5.82 Å². The van der Waals surface area contributed by atoms with E-state index >= 15 is 0 Å². The number of anilines is 1. The number of allylic oxidation sites excluding steroid dienone is 4. The molecule has 3 aromatic rings. The number of likely N-dealkylation sites (tertiary alicyclic amines) is 1. The van der Waals surface area contributed by atoms with Gasteiger partial charge in [-0.3, -0.25) is 15.2 Å². The van der Waals surface area contributed by atoms with Crippen LogP contribution < -0.4 is 10.6 Å². The predicted molar refractivity (Wildman–Crippen MR) is 146 cm³/mol. The fourth-order valence-corrected chi connectivity index (χ4v) is 5.19. The topological polar surface area (TPSA) is 84.3 Å². The number of urea groups is 1. The number of nitrogens with one attached hydrogen (secondary N) is 2. The van der Waals surface area contributed by atoms with Crippen molar-refractivity contribution in [2.75, 3.05) is 38.7 Å². The van der Waals surface area contributed by atoms with Crippen LogP contribution in [-0.4, -0.2) is 65.1 Å². The van der Waals surface area contributed by atoms with Crippen molar-refractivity contribution in [1.82, 2.24) is 25.0 Å². The van der Waals surface area contributed by atoms with Crippen LogP contribution in [-0.2, 0) is 4.74 Å². The molecular formula is C29H32F2N6O2. The Morgan fingerprint density at radius 2 is 2.05 bits per heavy atom. The van der Waals surface area contributed by atoms with Crippen molar-refractivity contribution in [1.29, 1.82) is 0 Å². The summed E-state index contributed by atoms with van der Waals surface area (Å²) in [4.78, 5) is 19.8. The first-order valence-electron chi connectivity index (χ1n) is 13.1. The number of methoxy groups -OCH3 is 1. The molecule has 2 aliphatic rings. The third kappa shape index (κ3) is 5.91. The van der Waals surface area contributed by atoms with Gasteiger partial charge in [-0.1, -0.05) is 18.2 Å². The van der Waals surface area contributed by atoms with Crippen LogP contribution in [0.5, 0.6) is 0 Å². The first kappa shape index (κ1) is 26.7. The third-order valence-corrected chi connectivity index (χ3v) is 7.20. The van der Waals surface area contributed by atoms with Crippen LogP contribution in [0.15, 0.2) is 61.0 Å². The summed E-state index contributed by atoms with van der Waals surface area (Å²) in [6.07, 6.45) is 11.5. The molecule has 8 nitrogen and oxygen atoms in total. The number of rotatable bonds is 8. The maximum atomic E-state index is 14.1. The van der Waals surface area contributed by atoms with Crippen LogP contribution >= 0.6 is 0 Å². The molecular weight excluding hydrogens is 502 g/mol. The summed E-state index contributed by atoms with van der Waals surface area (Å²) >= 11 is 0. The number of hydrogen-bond acceptors (Lipinski definition) is 5. The lowest BCUT2D eigenvalue weighted by Crippen LogP contribution is -2.42. The quantitative estimate of drug-likeness (QED) is 0.427. The van der Waals surface area contributed by atoms with Gasteiger partial charge in [0, 0.05) is 56.2 Å². The van der Waals surface area contributed by atoms with Crippen LogP contribution in [0.3, 0.4) is 0 Å². The summed E-state index contributed by atoms with van der Waals surface area (Å²) in [7, 11) is 1.63. The minimum atomic E-state index is -0.901. The number of amides is 2. The zero-order valence-corrected chi connectivity index (χ0v) is 22.0. The predicted octanol–water partition coefficient (Wildman–Crippen LogP) is 4.96. The molecule has 39 heavy (non-hydrogen) atoms. The van der Waals surface area contributed by atoms with E-state index in [1.165, 1.54) is 6.07 Å². The van der Waals surface area contributed by atoms with Crippen molar-refractivity contribution >= 4 is 17.5 Å². The number of pyridine rings is 1. The Morgan fingerprint density at radius 3 is 2.77 bits per heavy atom. The van der Waals surface area contributed by atoms with Gasteiger partial charge in [0.25, 0.3) is 0 Å². The lowest BCUT2D eigenvalue weighted by atomic mass is 9.94. The van der Waals surface area contributed by atoms with E-state index in [4.69, 9.17) is 9.84 Å². The Labute approximate surface area is 226 Å². The Hall–Kier alpha value is -3.89. The number of nitrogens with zero attached hydrogens (tertiary/aromatic N) is 4. The van der Waals surface area contributed by atoms with E-state index in [-0.39, 0.29) is 12.0 Å². The molecule has 2 amide bonds. The zero-order valence-electron chi connectivity index (χ0n) is 22.0. The lowest BCUT2D eigenvalue weighted by Gasteiger charge is -2.21. The molecule has 0 unspecified atom stereocenters. The van der Waals surface area contributed by atoms with E-state index in [0.717, 1.165) is 41.4 Å². The van der Waals surface area contributed by atoms with Gasteiger partial charge in [0.15, 0.2) is 11.6 Å². The van der Waals surface area contributed by atoms with Crippen LogP contribution in [0.2, 0.25) is 0 Å². The number of ether oxygens (including phenoxy) is 1. The minimum Gasteiger partial charge on any atom is -0.383 e. The molecule has 2 aromatic heterocycles. The molecule has 0 spiro atoms. The number of aromatic nitrogens is 3. The highest BCUT2D eigenvalue weighted by molar-refractivity contribution is 5.92. The summed E-state index contributed by atoms with van der Waals surface area (Å²) in [6.45, 7) is 4.24. The average Bonchev–Trinajstić information content (AvgIpc) is 3.50. The van der Waals surface area contributed by atoms with E-state index in [9.17, 15) is 13.6 Å². The van der Waals surface area contributed by atoms with Crippen molar-refractivity contribution in [2.24, 2.45) is 0 Å². The first-order chi connectivity index (χ1) is 18.9. The molecule has 10 heteroatoms. The van der Waals surface area contributed by atoms with Crippen molar-refractivity contribution in [3.63, 3.8) is 0 Å². The van der Waals surface area contributed by atoms with Gasteiger partial charge in [-0.05, 0) is 55.7 Å². The van der Waals surface area contributed by atoms with Crippen molar-refractivity contribution in [3.05, 3.63) is 83.7 Å². The molecule has 3 heterocycles. The normalized spacial score (nSPS) is 19.2. The summed E-state index contributed by atoms with van der Waals surface area (Å²) in [5.74, 6) is -1.46. The number of hydrogen-bond donors (Lipinski definition) is 2. The van der Waals surface area contributed by atoms with Crippen LogP contribution in [0.1, 0.15) is 29.9 Å². The highest BCUT2D eigenvalue weighted by Crippen LogP contribution is 2.32. The van der Waals surface area contributed by atoms with Crippen LogP contribution in [0.4, 0.5) is 19.4 Å². The van der Waals surface area contributed by atoms with Crippen molar-refractivity contribution in [2.45, 2.75) is 31.7 Å². The molecule has 5 rings (SSSR count). The Morgan fingerprint density at radius 1 is 1.18 bits per heavy atom. The molecule has 1 fully saturated rings. The number of halogens is 2. The van der Waals surface area contributed by atoms with Crippen molar-refractivity contribution < 1.29 is 18.3 Å². The van der Waals surface area contributed by atoms with Gasteiger partial charge in [0.2, 0.25) is 0 Å². The molecule has 2 atom stereocenters. The van der Waals surface area contributed by atoms with Crippen LogP contribution in [0, 0.1) is 18.6 Å². The minimum absolute atomic E-state index is 0.219. The molecule has 1 aliphatic heterocycles. The standard InChI is InChI=1S/C29H32F2N6O2/c1-19-27(21-7-6-12-32-16-21)35-37(22-8-4-3-5-9-22)28(19)34-29(38)33-26-18-36(13-14-39-2)17-23(26)20-10-11-24(30)25(31)15-20/h4,6-12,15-16,23,26H,3,5,13-14,17-18H2,1-2H3,(H2,33,34,38)/t23-,26+/m0/s1. The average molecular weight is 535 g/mol. The second kappa shape index (κ2) is 11.9. The number of benzene rings is 1. The summed E-state index contributed by atoms with van der Waals surface area (Å²) in [6, 6.07) is 6.98. The molecule has 1 aromatic carbocycles. The Bertz CT molecular complexity index is 1390. The maximum Gasteiger partial charge on any atom is 0.320 e. The van der Waals surface area contributed by atoms with E-state index in [0.29, 0.717) is 37.6 Å². The maximum absolute atomic E-state index is 14.1. The van der Waals surface area contributed by atoms with E-state index in [1.54, 1.807) is 30.3 Å². The molecule has 0 bridgehead atoms. The summed E-state index contributed by atoms with van der Waals surface area (Å²) in [5, 5.41) is 10.9. The van der Waals surface area contributed by atoms with Gasteiger partial charge in [-0.15, -0.1) is 0 Å². The van der Waals surface area contributed by atoms with E-state index in [1.807, 2.05) is 25.1 Å². The largest absolute Gasteiger partial charge is 0.383 e. The molecule has 1 saturated heterocycles. The highest BCUT2D eigenvalue weighted by Gasteiger charge is 2.35. The lowest BCUT2D eigenvalue weighted by molar-refractivity contribution is 0.159. The zero-order chi connectivity index (χ0) is 27.4. The summed E-state index contributed by atoms with van der Waals surface area (Å²) < 4.78 is 34.7. The Kier molecular flexibility index (Phi) is 8.13. The van der Waals surface area contributed by atoms with Gasteiger partial charge in [-0.25, -0.2) is 18.3 Å². The van der Waals surface area contributed by atoms with Crippen molar-refractivity contribution in [3.8, 4) is 11.3 Å². The molecule has 0 radical (unpaired) electrons. The Balaban J connectivity index is 1.41. The number of carbonyl (C=O) groups excluding carboxylic acids is 1. The van der Waals surface area contributed by atoms with Gasteiger partial charge < -0.3 is 10.1 Å². The molecule has 0 saturated carbocycles. The smallest absolute Gasteiger partial charge is 0.320 e. The number of carbonyl (C=O) groups is 1. The third-order valence-electron chi connectivity index (χ3n) is 7.20. The monoisotopic (exact) mass is 534 g/mol. The summed E-state index contributed by atoms with van der Waals surface area (Å²) in [5.41, 5.74) is 3.89. The molecule has 2 N–H and O–H groups in total. The van der Waals surface area contributed by atoms with E-state index < -0.39 is 17.7 Å². The van der Waals surface area contributed by atoms with Gasteiger partial charge in [0.05, 0.1) is 24.0 Å². The fourth-order valence-electron chi connectivity index (χ4n) is 5.19. The van der Waals surface area contributed by atoms with Crippen LogP contribution in [0.25, 0.3) is 17.0 Å². The van der Waals surface area contributed by atoms with E-state index in [2.05, 4.69) is 32.7 Å². The second-order valence-electron chi connectivity index (χ2n) is 9.82.